The van der Waals surface area contributed by atoms with Crippen LogP contribution in [0.5, 0.6) is 0 Å². The number of carbonyl (C=O) groups excluding carboxylic acids is 1. The average Bonchev–Trinajstić information content (AvgIpc) is 2.14. The molecule has 3 N–H and O–H groups in total. The Hall–Kier alpha value is -1.07. The Labute approximate surface area is 94.2 Å². The topological polar surface area (TPSA) is 113 Å². The molecule has 0 spiro atoms. The second kappa shape index (κ2) is 5.06. The van der Waals surface area contributed by atoms with Gasteiger partial charge in [0.2, 0.25) is 0 Å². The highest BCUT2D eigenvalue weighted by atomic mass is 32.2. The number of amides is 1. The first-order valence-electron chi connectivity index (χ1n) is 4.01. The fourth-order valence-electron chi connectivity index (χ4n) is 0.527. The van der Waals surface area contributed by atoms with Crippen LogP contribution in [-0.2, 0) is 14.8 Å². The molecule has 1 amide bonds. The molecule has 0 aliphatic carbocycles. The van der Waals surface area contributed by atoms with Gasteiger partial charge >= 0.3 is 21.6 Å². The number of hydrogen-bond acceptors (Lipinski definition) is 6. The monoisotopic (exact) mass is 281 g/mol. The van der Waals surface area contributed by atoms with Gasteiger partial charge in [-0.25, -0.2) is 9.52 Å². The Balaban J connectivity index is 4.70. The Kier molecular flexibility index (Phi) is 4.74. The van der Waals surface area contributed by atoms with E-state index in [1.165, 1.54) is 0 Å². The van der Waals surface area contributed by atoms with Crippen LogP contribution in [0.15, 0.2) is 0 Å². The number of aliphatic hydroxyl groups excluding tert-OH is 2. The Morgan fingerprint density at radius 1 is 1.29 bits per heavy atom. The number of carbonyl (C=O) groups is 1. The number of halogens is 3. The molecule has 11 heteroatoms. The minimum atomic E-state index is -5.87. The van der Waals surface area contributed by atoms with Crippen LogP contribution in [0.25, 0.3) is 0 Å². The number of aliphatic hydroxyl groups is 2. The van der Waals surface area contributed by atoms with E-state index in [1.807, 2.05) is 0 Å². The zero-order chi connectivity index (χ0) is 13.9. The second-order valence-electron chi connectivity index (χ2n) is 3.21. The predicted molar refractivity (Wildman–Crippen MR) is 47.2 cm³/mol. The maximum absolute atomic E-state index is 11.8. The Morgan fingerprint density at radius 2 is 1.71 bits per heavy atom. The smallest absolute Gasteiger partial charge is 0.438 e. The van der Waals surface area contributed by atoms with Gasteiger partial charge < -0.3 is 14.9 Å². The largest absolute Gasteiger partial charge is 0.516 e. The van der Waals surface area contributed by atoms with Crippen molar-refractivity contribution in [2.24, 2.45) is 0 Å². The van der Waals surface area contributed by atoms with Gasteiger partial charge in [-0.1, -0.05) is 0 Å². The normalized spacial score (nSPS) is 13.3. The number of alkyl halides is 3. The van der Waals surface area contributed by atoms with Crippen LogP contribution >= 0.6 is 0 Å². The summed E-state index contributed by atoms with van der Waals surface area (Å²) in [7, 11) is -5.87. The van der Waals surface area contributed by atoms with Gasteiger partial charge in [0.25, 0.3) is 0 Å². The summed E-state index contributed by atoms with van der Waals surface area (Å²) >= 11 is 0. The summed E-state index contributed by atoms with van der Waals surface area (Å²) in [6.07, 6.45) is -1.95. The fourth-order valence-corrected chi connectivity index (χ4v) is 0.904. The first-order chi connectivity index (χ1) is 7.47. The van der Waals surface area contributed by atoms with E-state index in [0.717, 1.165) is 6.92 Å². The van der Waals surface area contributed by atoms with Crippen molar-refractivity contribution >= 4 is 16.1 Å². The van der Waals surface area contributed by atoms with Gasteiger partial charge in [0.1, 0.15) is 0 Å². The van der Waals surface area contributed by atoms with Crippen LogP contribution in [0.2, 0.25) is 0 Å². The maximum Gasteiger partial charge on any atom is 0.516 e. The summed E-state index contributed by atoms with van der Waals surface area (Å²) in [5.74, 6) is 0. The van der Waals surface area contributed by atoms with E-state index in [4.69, 9.17) is 10.2 Å². The molecule has 0 bridgehead atoms. The summed E-state index contributed by atoms with van der Waals surface area (Å²) in [5, 5.41) is 17.3. The molecule has 0 fully saturated rings. The summed E-state index contributed by atoms with van der Waals surface area (Å²) in [6, 6.07) is 0. The third kappa shape index (κ3) is 4.36. The number of nitrogens with one attached hydrogen (secondary N) is 1. The van der Waals surface area contributed by atoms with E-state index in [-0.39, 0.29) is 0 Å². The molecular formula is C6H10F3NO6S. The maximum atomic E-state index is 11.8. The van der Waals surface area contributed by atoms with E-state index in [0.29, 0.717) is 4.72 Å². The standard InChI is InChI=1S/C6H10F3NO6S/c1-5(2-11,3-12)16-4(13)10-17(14,15)6(7,8)9/h11-12H,2-3H2,1H3,(H,10,13). The van der Waals surface area contributed by atoms with Gasteiger partial charge in [0.15, 0.2) is 5.60 Å². The van der Waals surface area contributed by atoms with Crippen molar-refractivity contribution in [2.45, 2.75) is 18.0 Å². The van der Waals surface area contributed by atoms with Crippen LogP contribution in [0.3, 0.4) is 0 Å². The molecule has 0 aromatic heterocycles. The molecule has 17 heavy (non-hydrogen) atoms. The number of hydrogen-bond donors (Lipinski definition) is 3. The summed E-state index contributed by atoms with van der Waals surface area (Å²) in [4.78, 5) is 10.8. The Bertz CT molecular complexity index is 374. The van der Waals surface area contributed by atoms with Gasteiger partial charge in [-0.3, -0.25) is 0 Å². The molecule has 0 aliphatic rings. The molecule has 0 rings (SSSR count). The van der Waals surface area contributed by atoms with Gasteiger partial charge in [0, 0.05) is 0 Å². The zero-order valence-electron chi connectivity index (χ0n) is 8.48. The predicted octanol–water partition coefficient (Wildman–Crippen LogP) is -0.694. The van der Waals surface area contributed by atoms with E-state index < -0.39 is 40.4 Å². The highest BCUT2D eigenvalue weighted by molar-refractivity contribution is 7.90. The van der Waals surface area contributed by atoms with Crippen LogP contribution in [-0.4, -0.2) is 49.0 Å². The van der Waals surface area contributed by atoms with Crippen molar-refractivity contribution in [2.75, 3.05) is 13.2 Å². The first-order valence-corrected chi connectivity index (χ1v) is 5.49. The molecule has 7 nitrogen and oxygen atoms in total. The molecular weight excluding hydrogens is 271 g/mol. The van der Waals surface area contributed by atoms with Gasteiger partial charge in [-0.15, -0.1) is 0 Å². The van der Waals surface area contributed by atoms with Crippen molar-refractivity contribution in [3.8, 4) is 0 Å². The summed E-state index contributed by atoms with van der Waals surface area (Å²) in [6.45, 7) is -0.807. The molecule has 0 aliphatic heterocycles. The van der Waals surface area contributed by atoms with Gasteiger partial charge in [-0.05, 0) is 6.92 Å². The summed E-state index contributed by atoms with van der Waals surface area (Å²) in [5.41, 5.74) is -7.55. The lowest BCUT2D eigenvalue weighted by Crippen LogP contribution is -2.46. The molecule has 0 atom stereocenters. The molecule has 102 valence electrons. The molecule has 0 saturated carbocycles. The first kappa shape index (κ1) is 15.9. The number of sulfonamides is 1. The third-order valence-electron chi connectivity index (χ3n) is 1.53. The van der Waals surface area contributed by atoms with E-state index in [1.54, 1.807) is 0 Å². The molecule has 0 radical (unpaired) electrons. The van der Waals surface area contributed by atoms with Gasteiger partial charge in [0.05, 0.1) is 13.2 Å². The summed E-state index contributed by atoms with van der Waals surface area (Å²) < 4.78 is 61.1. The lowest BCUT2D eigenvalue weighted by atomic mass is 10.1. The molecule has 0 aromatic carbocycles. The number of ether oxygens (including phenoxy) is 1. The highest BCUT2D eigenvalue weighted by Crippen LogP contribution is 2.22. The third-order valence-corrected chi connectivity index (χ3v) is 2.58. The van der Waals surface area contributed by atoms with Crippen LogP contribution < -0.4 is 4.72 Å². The number of rotatable bonds is 4. The molecule has 0 heterocycles. The average molecular weight is 281 g/mol. The fraction of sp³-hybridized carbons (Fsp3) is 0.833. The zero-order valence-corrected chi connectivity index (χ0v) is 9.30. The van der Waals surface area contributed by atoms with E-state index in [2.05, 4.69) is 4.74 Å². The van der Waals surface area contributed by atoms with E-state index >= 15 is 0 Å². The minimum absolute atomic E-state index is 0.584. The molecule has 0 unspecified atom stereocenters. The highest BCUT2D eigenvalue weighted by Gasteiger charge is 2.48. The molecule has 0 saturated heterocycles. The van der Waals surface area contributed by atoms with Crippen molar-refractivity contribution in [1.82, 2.24) is 4.72 Å². The van der Waals surface area contributed by atoms with E-state index in [9.17, 15) is 26.4 Å². The van der Waals surface area contributed by atoms with Crippen molar-refractivity contribution in [1.29, 1.82) is 0 Å². The lowest BCUT2D eigenvalue weighted by molar-refractivity contribution is -0.0544. The van der Waals surface area contributed by atoms with Gasteiger partial charge in [-0.2, -0.15) is 21.6 Å². The lowest BCUT2D eigenvalue weighted by Gasteiger charge is -2.24. The second-order valence-corrected chi connectivity index (χ2v) is 4.88. The van der Waals surface area contributed by atoms with Crippen molar-refractivity contribution in [3.05, 3.63) is 0 Å². The quantitative estimate of drug-likeness (QED) is 0.628. The van der Waals surface area contributed by atoms with Crippen molar-refractivity contribution < 1.29 is 41.3 Å². The minimum Gasteiger partial charge on any atom is -0.438 e. The van der Waals surface area contributed by atoms with Crippen molar-refractivity contribution in [3.63, 3.8) is 0 Å². The van der Waals surface area contributed by atoms with Crippen LogP contribution in [0.4, 0.5) is 18.0 Å². The SMILES string of the molecule is CC(CO)(CO)OC(=O)NS(=O)(=O)C(F)(F)F. The van der Waals surface area contributed by atoms with Crippen LogP contribution in [0, 0.1) is 0 Å². The molecule has 0 aromatic rings. The van der Waals surface area contributed by atoms with Crippen LogP contribution in [0.1, 0.15) is 6.92 Å². The Morgan fingerprint density at radius 3 is 2.00 bits per heavy atom.